The van der Waals surface area contributed by atoms with Crippen LogP contribution in [0.4, 0.5) is 5.82 Å². The minimum atomic E-state index is 0.468. The number of anilines is 1. The van der Waals surface area contributed by atoms with Crippen molar-refractivity contribution in [3.8, 4) is 0 Å². The molecule has 0 aliphatic rings. The summed E-state index contributed by atoms with van der Waals surface area (Å²) >= 11 is 5.84. The molecular formula is C8H9ClN2. The summed E-state index contributed by atoms with van der Waals surface area (Å²) in [5.41, 5.74) is 6.35. The van der Waals surface area contributed by atoms with Crippen LogP contribution in [-0.2, 0) is 0 Å². The Bertz CT molecular complexity index is 281. The highest BCUT2D eigenvalue weighted by Gasteiger charge is 2.00. The van der Waals surface area contributed by atoms with Gasteiger partial charge in [0.2, 0.25) is 0 Å². The summed E-state index contributed by atoms with van der Waals surface area (Å²) in [4.78, 5) is 3.90. The average molecular weight is 169 g/mol. The molecule has 0 aliphatic carbocycles. The maximum absolute atomic E-state index is 5.84. The lowest BCUT2D eigenvalue weighted by molar-refractivity contribution is 1.32. The molecule has 3 heteroatoms. The number of aromatic nitrogens is 1. The van der Waals surface area contributed by atoms with Gasteiger partial charge in [-0.1, -0.05) is 17.7 Å². The van der Waals surface area contributed by atoms with E-state index in [4.69, 9.17) is 17.3 Å². The van der Waals surface area contributed by atoms with Gasteiger partial charge in [0, 0.05) is 16.8 Å². The van der Waals surface area contributed by atoms with E-state index in [0.717, 1.165) is 5.56 Å². The van der Waals surface area contributed by atoms with E-state index >= 15 is 0 Å². The van der Waals surface area contributed by atoms with Gasteiger partial charge in [-0.05, 0) is 19.1 Å². The van der Waals surface area contributed by atoms with Gasteiger partial charge in [0.25, 0.3) is 0 Å². The first-order valence-corrected chi connectivity index (χ1v) is 3.66. The standard InChI is InChI=1S/C8H9ClN2/c1-2-7(9)6-4-3-5-11-8(6)10/h2-5H,1H3,(H2,10,11)/b7-2+. The smallest absolute Gasteiger partial charge is 0.132 e. The summed E-state index contributed by atoms with van der Waals surface area (Å²) in [6.45, 7) is 1.86. The van der Waals surface area contributed by atoms with Crippen molar-refractivity contribution in [2.45, 2.75) is 6.92 Å². The lowest BCUT2D eigenvalue weighted by Gasteiger charge is -2.00. The van der Waals surface area contributed by atoms with Crippen LogP contribution in [0, 0.1) is 0 Å². The fourth-order valence-electron chi connectivity index (χ4n) is 0.775. The SMILES string of the molecule is C/C=C(/Cl)c1cccnc1N. The molecule has 0 amide bonds. The minimum absolute atomic E-state index is 0.468. The zero-order valence-corrected chi connectivity index (χ0v) is 6.97. The van der Waals surface area contributed by atoms with Crippen LogP contribution in [0.25, 0.3) is 5.03 Å². The van der Waals surface area contributed by atoms with E-state index in [-0.39, 0.29) is 0 Å². The maximum atomic E-state index is 5.84. The zero-order chi connectivity index (χ0) is 8.27. The number of hydrogen-bond donors (Lipinski definition) is 1. The molecule has 2 nitrogen and oxygen atoms in total. The van der Waals surface area contributed by atoms with Gasteiger partial charge in [-0.25, -0.2) is 4.98 Å². The lowest BCUT2D eigenvalue weighted by atomic mass is 10.2. The molecule has 0 bridgehead atoms. The fourth-order valence-corrected chi connectivity index (χ4v) is 0.935. The summed E-state index contributed by atoms with van der Waals surface area (Å²) < 4.78 is 0. The first-order chi connectivity index (χ1) is 5.25. The number of nitrogen functional groups attached to an aromatic ring is 1. The molecule has 1 aromatic rings. The predicted molar refractivity (Wildman–Crippen MR) is 48.2 cm³/mol. The number of nitrogens with two attached hydrogens (primary N) is 1. The predicted octanol–water partition coefficient (Wildman–Crippen LogP) is 2.26. The normalized spacial score (nSPS) is 11.6. The van der Waals surface area contributed by atoms with Crippen LogP contribution in [0.5, 0.6) is 0 Å². The van der Waals surface area contributed by atoms with E-state index in [9.17, 15) is 0 Å². The molecule has 0 saturated heterocycles. The Morgan fingerprint density at radius 1 is 1.73 bits per heavy atom. The Morgan fingerprint density at radius 3 is 3.00 bits per heavy atom. The van der Waals surface area contributed by atoms with Gasteiger partial charge in [-0.3, -0.25) is 0 Å². The van der Waals surface area contributed by atoms with E-state index in [2.05, 4.69) is 4.98 Å². The second-order valence-corrected chi connectivity index (χ2v) is 2.48. The Morgan fingerprint density at radius 2 is 2.45 bits per heavy atom. The summed E-state index contributed by atoms with van der Waals surface area (Å²) in [7, 11) is 0. The second kappa shape index (κ2) is 3.39. The van der Waals surface area contributed by atoms with Crippen molar-refractivity contribution in [2.24, 2.45) is 0 Å². The maximum Gasteiger partial charge on any atom is 0.132 e. The number of halogens is 1. The van der Waals surface area contributed by atoms with E-state index < -0.39 is 0 Å². The van der Waals surface area contributed by atoms with Gasteiger partial charge in [0.05, 0.1) is 0 Å². The molecule has 1 rings (SSSR count). The van der Waals surface area contributed by atoms with E-state index in [1.54, 1.807) is 18.3 Å². The van der Waals surface area contributed by atoms with Crippen LogP contribution in [0.3, 0.4) is 0 Å². The van der Waals surface area contributed by atoms with Crippen LogP contribution < -0.4 is 5.73 Å². The van der Waals surface area contributed by atoms with Crippen molar-refractivity contribution in [3.05, 3.63) is 30.0 Å². The second-order valence-electron chi connectivity index (χ2n) is 2.07. The van der Waals surface area contributed by atoms with Crippen LogP contribution in [0.2, 0.25) is 0 Å². The van der Waals surface area contributed by atoms with Crippen LogP contribution in [0.15, 0.2) is 24.4 Å². The monoisotopic (exact) mass is 168 g/mol. The molecule has 0 aromatic carbocycles. The van der Waals surface area contributed by atoms with Gasteiger partial charge >= 0.3 is 0 Å². The average Bonchev–Trinajstić information content (AvgIpc) is 2.04. The fraction of sp³-hybridized carbons (Fsp3) is 0.125. The minimum Gasteiger partial charge on any atom is -0.383 e. The number of allylic oxidation sites excluding steroid dienone is 1. The van der Waals surface area contributed by atoms with Gasteiger partial charge in [0.15, 0.2) is 0 Å². The van der Waals surface area contributed by atoms with Crippen molar-refractivity contribution in [1.82, 2.24) is 4.98 Å². The molecule has 11 heavy (non-hydrogen) atoms. The summed E-state index contributed by atoms with van der Waals surface area (Å²) in [5, 5.41) is 0.635. The van der Waals surface area contributed by atoms with Crippen LogP contribution in [0.1, 0.15) is 12.5 Å². The van der Waals surface area contributed by atoms with Crippen molar-refractivity contribution in [1.29, 1.82) is 0 Å². The molecule has 1 heterocycles. The molecule has 58 valence electrons. The lowest BCUT2D eigenvalue weighted by Crippen LogP contribution is -1.93. The zero-order valence-electron chi connectivity index (χ0n) is 6.21. The Hall–Kier alpha value is -1.02. The van der Waals surface area contributed by atoms with Crippen molar-refractivity contribution >= 4 is 22.5 Å². The summed E-state index contributed by atoms with van der Waals surface area (Å²) in [5.74, 6) is 0.468. The highest BCUT2D eigenvalue weighted by atomic mass is 35.5. The van der Waals surface area contributed by atoms with Crippen molar-refractivity contribution in [3.63, 3.8) is 0 Å². The van der Waals surface area contributed by atoms with Gasteiger partial charge in [-0.15, -0.1) is 0 Å². The largest absolute Gasteiger partial charge is 0.383 e. The summed E-state index contributed by atoms with van der Waals surface area (Å²) in [6.07, 6.45) is 3.42. The molecule has 0 spiro atoms. The third-order valence-electron chi connectivity index (χ3n) is 1.35. The Kier molecular flexibility index (Phi) is 2.49. The molecule has 0 fully saturated rings. The van der Waals surface area contributed by atoms with Crippen molar-refractivity contribution < 1.29 is 0 Å². The van der Waals surface area contributed by atoms with Crippen LogP contribution >= 0.6 is 11.6 Å². The van der Waals surface area contributed by atoms with E-state index in [0.29, 0.717) is 10.9 Å². The molecule has 0 saturated carbocycles. The van der Waals surface area contributed by atoms with Crippen molar-refractivity contribution in [2.75, 3.05) is 5.73 Å². The molecule has 0 unspecified atom stereocenters. The first kappa shape index (κ1) is 8.08. The highest BCUT2D eigenvalue weighted by molar-refractivity contribution is 6.49. The van der Waals surface area contributed by atoms with E-state index in [1.165, 1.54) is 0 Å². The summed E-state index contributed by atoms with van der Waals surface area (Å²) in [6, 6.07) is 3.64. The molecular weight excluding hydrogens is 160 g/mol. The molecule has 2 N–H and O–H groups in total. The van der Waals surface area contributed by atoms with Gasteiger partial charge in [-0.2, -0.15) is 0 Å². The quantitative estimate of drug-likeness (QED) is 0.699. The van der Waals surface area contributed by atoms with E-state index in [1.807, 2.05) is 13.0 Å². The number of hydrogen-bond acceptors (Lipinski definition) is 2. The Balaban J connectivity index is 3.14. The number of pyridine rings is 1. The molecule has 0 aliphatic heterocycles. The van der Waals surface area contributed by atoms with Gasteiger partial charge in [0.1, 0.15) is 5.82 Å². The molecule has 1 aromatic heterocycles. The highest BCUT2D eigenvalue weighted by Crippen LogP contribution is 2.21. The Labute approximate surface area is 70.7 Å². The molecule has 0 radical (unpaired) electrons. The molecule has 0 atom stereocenters. The first-order valence-electron chi connectivity index (χ1n) is 3.28. The number of nitrogens with zero attached hydrogens (tertiary/aromatic N) is 1. The third-order valence-corrected chi connectivity index (χ3v) is 1.77. The topological polar surface area (TPSA) is 38.9 Å². The van der Waals surface area contributed by atoms with Gasteiger partial charge < -0.3 is 5.73 Å². The van der Waals surface area contributed by atoms with Crippen LogP contribution in [-0.4, -0.2) is 4.98 Å². The third kappa shape index (κ3) is 1.71. The number of rotatable bonds is 1.